The number of carbonyl (C=O) groups excluding carboxylic acids is 1. The summed E-state index contributed by atoms with van der Waals surface area (Å²) in [6.07, 6.45) is -3.44. The van der Waals surface area contributed by atoms with E-state index in [0.717, 1.165) is 17.8 Å². The second-order valence-corrected chi connectivity index (χ2v) is 5.91. The highest BCUT2D eigenvalue weighted by Gasteiger charge is 2.34. The van der Waals surface area contributed by atoms with E-state index in [2.05, 4.69) is 10.3 Å². The molecule has 0 radical (unpaired) electrons. The van der Waals surface area contributed by atoms with Crippen LogP contribution in [-0.2, 0) is 10.9 Å². The lowest BCUT2D eigenvalue weighted by Crippen LogP contribution is -2.12. The number of carbonyl (C=O) groups is 1. The van der Waals surface area contributed by atoms with E-state index in [1.54, 1.807) is 19.1 Å². The van der Waals surface area contributed by atoms with E-state index in [9.17, 15) is 18.0 Å². The summed E-state index contributed by atoms with van der Waals surface area (Å²) in [6, 6.07) is 11.0. The highest BCUT2D eigenvalue weighted by Crippen LogP contribution is 2.38. The standard InChI is InChI=1S/C20H17F3N2O2/c1-3-27-19(26)14-11-24-18-13(8-6-9-15(18)20(21,22)23)17(14)25-16-10-5-4-7-12(16)2/h4-11H,3H2,1-2H3,(H,24,25). The molecule has 140 valence electrons. The molecule has 3 aromatic rings. The van der Waals surface area contributed by atoms with E-state index >= 15 is 0 Å². The topological polar surface area (TPSA) is 51.2 Å². The SMILES string of the molecule is CCOC(=O)c1cnc2c(C(F)(F)F)cccc2c1Nc1ccccc1C. The highest BCUT2D eigenvalue weighted by molar-refractivity contribution is 6.06. The summed E-state index contributed by atoms with van der Waals surface area (Å²) in [5.41, 5.74) is 0.778. The van der Waals surface area contributed by atoms with Crippen molar-refractivity contribution in [3.63, 3.8) is 0 Å². The third-order valence-electron chi connectivity index (χ3n) is 4.10. The number of ether oxygens (including phenoxy) is 1. The van der Waals surface area contributed by atoms with Crippen molar-refractivity contribution in [1.82, 2.24) is 4.98 Å². The zero-order valence-electron chi connectivity index (χ0n) is 14.7. The second-order valence-electron chi connectivity index (χ2n) is 5.91. The summed E-state index contributed by atoms with van der Waals surface area (Å²) < 4.78 is 45.1. The van der Waals surface area contributed by atoms with Crippen molar-refractivity contribution in [2.24, 2.45) is 0 Å². The van der Waals surface area contributed by atoms with Crippen LogP contribution in [0.15, 0.2) is 48.7 Å². The number of pyridine rings is 1. The van der Waals surface area contributed by atoms with Crippen LogP contribution in [0, 0.1) is 6.92 Å². The maximum absolute atomic E-state index is 13.4. The van der Waals surface area contributed by atoms with Gasteiger partial charge in [-0.15, -0.1) is 0 Å². The predicted molar refractivity (Wildman–Crippen MR) is 97.2 cm³/mol. The minimum Gasteiger partial charge on any atom is -0.462 e. The van der Waals surface area contributed by atoms with Gasteiger partial charge in [-0.25, -0.2) is 4.79 Å². The summed E-state index contributed by atoms with van der Waals surface area (Å²) in [5.74, 6) is -0.652. The zero-order valence-corrected chi connectivity index (χ0v) is 14.7. The number of hydrogen-bond donors (Lipinski definition) is 1. The second kappa shape index (κ2) is 7.26. The monoisotopic (exact) mass is 374 g/mol. The summed E-state index contributed by atoms with van der Waals surface area (Å²) in [5, 5.41) is 3.29. The van der Waals surface area contributed by atoms with Crippen LogP contribution < -0.4 is 5.32 Å². The van der Waals surface area contributed by atoms with E-state index in [-0.39, 0.29) is 28.8 Å². The van der Waals surface area contributed by atoms with Gasteiger partial charge in [0.15, 0.2) is 0 Å². The van der Waals surface area contributed by atoms with Crippen molar-refractivity contribution in [3.05, 3.63) is 65.4 Å². The molecule has 0 aliphatic carbocycles. The normalized spacial score (nSPS) is 11.4. The van der Waals surface area contributed by atoms with E-state index in [1.165, 1.54) is 12.1 Å². The molecule has 1 aromatic heterocycles. The number of para-hydroxylation sites is 2. The number of rotatable bonds is 4. The van der Waals surface area contributed by atoms with Gasteiger partial charge in [-0.3, -0.25) is 4.98 Å². The Morgan fingerprint density at radius 3 is 2.56 bits per heavy atom. The first-order valence-electron chi connectivity index (χ1n) is 8.31. The Balaban J connectivity index is 2.27. The van der Waals surface area contributed by atoms with Crippen LogP contribution >= 0.6 is 0 Å². The van der Waals surface area contributed by atoms with Gasteiger partial charge in [-0.2, -0.15) is 13.2 Å². The fourth-order valence-corrected chi connectivity index (χ4v) is 2.80. The van der Waals surface area contributed by atoms with Crippen LogP contribution in [-0.4, -0.2) is 17.6 Å². The molecule has 0 saturated heterocycles. The van der Waals surface area contributed by atoms with Crippen molar-refractivity contribution in [2.45, 2.75) is 20.0 Å². The van der Waals surface area contributed by atoms with Crippen molar-refractivity contribution in [1.29, 1.82) is 0 Å². The molecule has 0 bridgehead atoms. The number of alkyl halides is 3. The van der Waals surface area contributed by atoms with Gasteiger partial charge in [0.05, 0.1) is 23.4 Å². The van der Waals surface area contributed by atoms with Crippen LogP contribution in [0.25, 0.3) is 10.9 Å². The Hall–Kier alpha value is -3.09. The number of aryl methyl sites for hydroxylation is 1. The summed E-state index contributed by atoms with van der Waals surface area (Å²) in [6.45, 7) is 3.66. The fraction of sp³-hybridized carbons (Fsp3) is 0.200. The van der Waals surface area contributed by atoms with Gasteiger partial charge in [-0.1, -0.05) is 30.3 Å². The molecule has 0 saturated carbocycles. The first-order chi connectivity index (χ1) is 12.8. The van der Waals surface area contributed by atoms with Crippen molar-refractivity contribution in [2.75, 3.05) is 11.9 Å². The smallest absolute Gasteiger partial charge is 0.418 e. The number of nitrogens with one attached hydrogen (secondary N) is 1. The molecule has 0 aliphatic heterocycles. The zero-order chi connectivity index (χ0) is 19.6. The minimum absolute atomic E-state index is 0.0759. The lowest BCUT2D eigenvalue weighted by molar-refractivity contribution is -0.136. The van der Waals surface area contributed by atoms with E-state index in [1.807, 2.05) is 19.1 Å². The molecular formula is C20H17F3N2O2. The number of benzene rings is 2. The number of esters is 1. The molecule has 2 aromatic carbocycles. The van der Waals surface area contributed by atoms with Crippen LogP contribution in [0.4, 0.5) is 24.5 Å². The summed E-state index contributed by atoms with van der Waals surface area (Å²) in [4.78, 5) is 16.3. The number of fused-ring (bicyclic) bond motifs is 1. The number of halogens is 3. The lowest BCUT2D eigenvalue weighted by Gasteiger charge is -2.17. The molecule has 0 atom stereocenters. The van der Waals surface area contributed by atoms with Gasteiger partial charge < -0.3 is 10.1 Å². The van der Waals surface area contributed by atoms with E-state index < -0.39 is 17.7 Å². The summed E-state index contributed by atoms with van der Waals surface area (Å²) in [7, 11) is 0. The van der Waals surface area contributed by atoms with Crippen molar-refractivity contribution < 1.29 is 22.7 Å². The van der Waals surface area contributed by atoms with Crippen molar-refractivity contribution >= 4 is 28.2 Å². The number of nitrogens with zero attached hydrogens (tertiary/aromatic N) is 1. The largest absolute Gasteiger partial charge is 0.462 e. The Kier molecular flexibility index (Phi) is 5.03. The van der Waals surface area contributed by atoms with Crippen LogP contribution in [0.2, 0.25) is 0 Å². The highest BCUT2D eigenvalue weighted by atomic mass is 19.4. The molecule has 0 unspecified atom stereocenters. The van der Waals surface area contributed by atoms with Gasteiger partial charge in [-0.05, 0) is 31.5 Å². The number of hydrogen-bond acceptors (Lipinski definition) is 4. The molecule has 7 heteroatoms. The van der Waals surface area contributed by atoms with Crippen molar-refractivity contribution in [3.8, 4) is 0 Å². The lowest BCUT2D eigenvalue weighted by atomic mass is 10.0. The molecule has 0 aliphatic rings. The third-order valence-corrected chi connectivity index (χ3v) is 4.10. The number of aromatic nitrogens is 1. The molecule has 0 amide bonds. The summed E-state index contributed by atoms with van der Waals surface area (Å²) >= 11 is 0. The molecule has 0 fully saturated rings. The van der Waals surface area contributed by atoms with Gasteiger partial charge in [0, 0.05) is 17.3 Å². The maximum Gasteiger partial charge on any atom is 0.418 e. The van der Waals surface area contributed by atoms with Gasteiger partial charge in [0.1, 0.15) is 5.56 Å². The van der Waals surface area contributed by atoms with Gasteiger partial charge >= 0.3 is 12.1 Å². The molecule has 27 heavy (non-hydrogen) atoms. The Bertz CT molecular complexity index is 1000. The Morgan fingerprint density at radius 2 is 1.89 bits per heavy atom. The average Bonchev–Trinajstić information content (AvgIpc) is 2.62. The molecule has 3 rings (SSSR count). The fourth-order valence-electron chi connectivity index (χ4n) is 2.80. The quantitative estimate of drug-likeness (QED) is 0.614. The molecule has 1 N–H and O–H groups in total. The maximum atomic E-state index is 13.4. The van der Waals surface area contributed by atoms with Crippen LogP contribution in [0.3, 0.4) is 0 Å². The molecule has 4 nitrogen and oxygen atoms in total. The minimum atomic E-state index is -4.56. The number of anilines is 2. The predicted octanol–water partition coefficient (Wildman–Crippen LogP) is 5.48. The average molecular weight is 374 g/mol. The first kappa shape index (κ1) is 18.7. The van der Waals surface area contributed by atoms with Crippen LogP contribution in [0.1, 0.15) is 28.4 Å². The van der Waals surface area contributed by atoms with Gasteiger partial charge in [0.25, 0.3) is 0 Å². The molecular weight excluding hydrogens is 357 g/mol. The van der Waals surface area contributed by atoms with E-state index in [0.29, 0.717) is 5.69 Å². The Morgan fingerprint density at radius 1 is 1.15 bits per heavy atom. The Labute approximate surface area is 154 Å². The third kappa shape index (κ3) is 3.72. The van der Waals surface area contributed by atoms with Crippen LogP contribution in [0.5, 0.6) is 0 Å². The first-order valence-corrected chi connectivity index (χ1v) is 8.31. The van der Waals surface area contributed by atoms with E-state index in [4.69, 9.17) is 4.74 Å². The van der Waals surface area contributed by atoms with Gasteiger partial charge in [0.2, 0.25) is 0 Å². The molecule has 1 heterocycles. The molecule has 0 spiro atoms.